The lowest BCUT2D eigenvalue weighted by Crippen LogP contribution is -2.26. The quantitative estimate of drug-likeness (QED) is 0.793. The van der Waals surface area contributed by atoms with Gasteiger partial charge in [-0.05, 0) is 24.3 Å². The van der Waals surface area contributed by atoms with E-state index in [0.29, 0.717) is 12.1 Å². The fourth-order valence-electron chi connectivity index (χ4n) is 2.51. The van der Waals surface area contributed by atoms with Gasteiger partial charge in [0.15, 0.2) is 0 Å². The van der Waals surface area contributed by atoms with Gasteiger partial charge in [0.2, 0.25) is 0 Å². The Balaban J connectivity index is 1.74. The lowest BCUT2D eigenvalue weighted by Gasteiger charge is -2.17. The zero-order chi connectivity index (χ0) is 18.0. The minimum Gasteiger partial charge on any atom is -0.336 e. The monoisotopic (exact) mass is 338 g/mol. The number of hydrogen-bond acceptors (Lipinski definition) is 4. The number of hydrogen-bond donors (Lipinski definition) is 1. The van der Waals surface area contributed by atoms with Gasteiger partial charge in [-0.1, -0.05) is 26.8 Å². The van der Waals surface area contributed by atoms with Crippen molar-refractivity contribution in [1.82, 2.24) is 29.9 Å². The molecule has 130 valence electrons. The van der Waals surface area contributed by atoms with Crippen molar-refractivity contribution in [3.63, 3.8) is 0 Å². The summed E-state index contributed by atoms with van der Waals surface area (Å²) < 4.78 is 1.77. The van der Waals surface area contributed by atoms with Gasteiger partial charge < -0.3 is 4.90 Å². The molecule has 0 aliphatic carbocycles. The van der Waals surface area contributed by atoms with E-state index in [9.17, 15) is 4.79 Å². The van der Waals surface area contributed by atoms with E-state index in [1.807, 2.05) is 24.3 Å². The van der Waals surface area contributed by atoms with E-state index >= 15 is 0 Å². The Kier molecular flexibility index (Phi) is 4.39. The number of H-pyrrole nitrogens is 1. The zero-order valence-corrected chi connectivity index (χ0v) is 14.9. The fourth-order valence-corrected chi connectivity index (χ4v) is 2.51. The lowest BCUT2D eigenvalue weighted by molar-refractivity contribution is 0.0783. The van der Waals surface area contributed by atoms with Gasteiger partial charge in [-0.3, -0.25) is 14.5 Å². The first-order valence-corrected chi connectivity index (χ1v) is 8.10. The van der Waals surface area contributed by atoms with E-state index in [2.05, 4.69) is 41.2 Å². The number of carbonyl (C=O) groups excluding carboxylic acids is 1. The third-order valence-corrected chi connectivity index (χ3v) is 3.96. The Morgan fingerprint density at radius 3 is 2.56 bits per heavy atom. The average Bonchev–Trinajstić information content (AvgIpc) is 3.25. The molecule has 0 saturated carbocycles. The van der Waals surface area contributed by atoms with E-state index in [4.69, 9.17) is 0 Å². The molecule has 3 rings (SSSR count). The predicted molar refractivity (Wildman–Crippen MR) is 94.4 cm³/mol. The highest BCUT2D eigenvalue weighted by Gasteiger charge is 2.19. The van der Waals surface area contributed by atoms with Gasteiger partial charge in [0.1, 0.15) is 12.7 Å². The molecule has 0 aliphatic heterocycles. The number of rotatable bonds is 4. The smallest absolute Gasteiger partial charge is 0.254 e. The van der Waals surface area contributed by atoms with Crippen LogP contribution in [0.25, 0.3) is 5.69 Å². The van der Waals surface area contributed by atoms with Gasteiger partial charge in [-0.15, -0.1) is 10.2 Å². The Morgan fingerprint density at radius 1 is 1.20 bits per heavy atom. The standard InChI is InChI=1S/C18H22N6O/c1-18(2,3)16-9-14(21-22-16)10-23(4)17(25)13-6-5-7-15(8-13)24-11-19-20-12-24/h5-9,11-12H,10H2,1-4H3,(H,21,22). The molecule has 0 fully saturated rings. The van der Waals surface area contributed by atoms with E-state index in [1.54, 1.807) is 35.2 Å². The van der Waals surface area contributed by atoms with Crippen LogP contribution in [0.3, 0.4) is 0 Å². The molecule has 0 spiro atoms. The van der Waals surface area contributed by atoms with E-state index in [1.165, 1.54) is 0 Å². The van der Waals surface area contributed by atoms with Crippen molar-refractivity contribution in [3.05, 3.63) is 59.9 Å². The van der Waals surface area contributed by atoms with E-state index < -0.39 is 0 Å². The van der Waals surface area contributed by atoms with Crippen LogP contribution in [0.15, 0.2) is 43.0 Å². The largest absolute Gasteiger partial charge is 0.336 e. The molecular formula is C18H22N6O. The highest BCUT2D eigenvalue weighted by Crippen LogP contribution is 2.21. The Morgan fingerprint density at radius 2 is 1.92 bits per heavy atom. The molecule has 1 amide bonds. The molecule has 0 bridgehead atoms. The molecule has 0 saturated heterocycles. The SMILES string of the molecule is CN(Cc1cc(C(C)(C)C)n[nH]1)C(=O)c1cccc(-n2cnnc2)c1. The third kappa shape index (κ3) is 3.76. The highest BCUT2D eigenvalue weighted by molar-refractivity contribution is 5.94. The van der Waals surface area contributed by atoms with Crippen molar-refractivity contribution in [2.45, 2.75) is 32.7 Å². The molecule has 7 heteroatoms. The fraction of sp³-hybridized carbons (Fsp3) is 0.333. The minimum atomic E-state index is -0.0539. The molecule has 3 aromatic rings. The molecule has 0 unspecified atom stereocenters. The second kappa shape index (κ2) is 6.51. The number of benzene rings is 1. The summed E-state index contributed by atoms with van der Waals surface area (Å²) in [7, 11) is 1.78. The summed E-state index contributed by atoms with van der Waals surface area (Å²) >= 11 is 0. The maximum atomic E-state index is 12.7. The number of aromatic nitrogens is 5. The van der Waals surface area contributed by atoms with Crippen LogP contribution < -0.4 is 0 Å². The van der Waals surface area contributed by atoms with Crippen LogP contribution in [0.1, 0.15) is 42.5 Å². The predicted octanol–water partition coefficient (Wildman–Crippen LogP) is 2.56. The molecule has 2 aromatic heterocycles. The van der Waals surface area contributed by atoms with Crippen LogP contribution in [0.5, 0.6) is 0 Å². The van der Waals surface area contributed by atoms with Crippen LogP contribution in [0.4, 0.5) is 0 Å². The molecule has 0 radical (unpaired) electrons. The first-order chi connectivity index (χ1) is 11.8. The second-order valence-electron chi connectivity index (χ2n) is 7.11. The maximum absolute atomic E-state index is 12.7. The number of amides is 1. The summed E-state index contributed by atoms with van der Waals surface area (Å²) in [6.45, 7) is 6.80. The summed E-state index contributed by atoms with van der Waals surface area (Å²) in [5.41, 5.74) is 3.34. The van der Waals surface area contributed by atoms with Crippen LogP contribution in [-0.2, 0) is 12.0 Å². The van der Waals surface area contributed by atoms with Crippen LogP contribution in [0, 0.1) is 0 Å². The van der Waals surface area contributed by atoms with Gasteiger partial charge in [0, 0.05) is 23.7 Å². The van der Waals surface area contributed by atoms with Gasteiger partial charge in [0.25, 0.3) is 5.91 Å². The molecular weight excluding hydrogens is 316 g/mol. The molecule has 0 atom stereocenters. The van der Waals surface area contributed by atoms with Gasteiger partial charge in [-0.25, -0.2) is 0 Å². The van der Waals surface area contributed by atoms with Crippen molar-refractivity contribution >= 4 is 5.91 Å². The molecule has 1 aromatic carbocycles. The van der Waals surface area contributed by atoms with E-state index in [0.717, 1.165) is 17.1 Å². The van der Waals surface area contributed by atoms with Crippen LogP contribution in [-0.4, -0.2) is 42.8 Å². The first kappa shape index (κ1) is 16.9. The molecule has 7 nitrogen and oxygen atoms in total. The summed E-state index contributed by atoms with van der Waals surface area (Å²) in [4.78, 5) is 14.4. The second-order valence-corrected chi connectivity index (χ2v) is 7.11. The zero-order valence-electron chi connectivity index (χ0n) is 14.9. The van der Waals surface area contributed by atoms with Crippen molar-refractivity contribution in [2.24, 2.45) is 0 Å². The van der Waals surface area contributed by atoms with Gasteiger partial charge >= 0.3 is 0 Å². The average molecular weight is 338 g/mol. The highest BCUT2D eigenvalue weighted by atomic mass is 16.2. The number of nitrogens with one attached hydrogen (secondary N) is 1. The number of carbonyl (C=O) groups is 1. The van der Waals surface area contributed by atoms with Gasteiger partial charge in [0.05, 0.1) is 17.9 Å². The number of nitrogens with zero attached hydrogens (tertiary/aromatic N) is 5. The number of aromatic amines is 1. The van der Waals surface area contributed by atoms with Gasteiger partial charge in [-0.2, -0.15) is 5.10 Å². The first-order valence-electron chi connectivity index (χ1n) is 8.10. The molecule has 2 heterocycles. The minimum absolute atomic E-state index is 0.0233. The summed E-state index contributed by atoms with van der Waals surface area (Å²) in [6, 6.07) is 9.41. The summed E-state index contributed by atoms with van der Waals surface area (Å²) in [6.07, 6.45) is 3.21. The van der Waals surface area contributed by atoms with Crippen LogP contribution in [0.2, 0.25) is 0 Å². The Labute approximate surface area is 146 Å². The maximum Gasteiger partial charge on any atom is 0.254 e. The Bertz CT molecular complexity index is 860. The summed E-state index contributed by atoms with van der Waals surface area (Å²) in [5, 5.41) is 14.9. The normalized spacial score (nSPS) is 11.5. The van der Waals surface area contributed by atoms with Crippen LogP contribution >= 0.6 is 0 Å². The Hall–Kier alpha value is -2.96. The molecule has 1 N–H and O–H groups in total. The molecule has 0 aliphatic rings. The molecule has 25 heavy (non-hydrogen) atoms. The van der Waals surface area contributed by atoms with E-state index in [-0.39, 0.29) is 11.3 Å². The topological polar surface area (TPSA) is 79.7 Å². The van der Waals surface area contributed by atoms with Crippen molar-refractivity contribution in [2.75, 3.05) is 7.05 Å². The third-order valence-electron chi connectivity index (χ3n) is 3.96. The lowest BCUT2D eigenvalue weighted by atomic mass is 9.92. The van der Waals surface area contributed by atoms with Crippen molar-refractivity contribution < 1.29 is 4.79 Å². The summed E-state index contributed by atoms with van der Waals surface area (Å²) in [5.74, 6) is -0.0539. The van der Waals surface area contributed by atoms with Crippen molar-refractivity contribution in [3.8, 4) is 5.69 Å². The van der Waals surface area contributed by atoms with Crippen molar-refractivity contribution in [1.29, 1.82) is 0 Å².